The third-order valence-corrected chi connectivity index (χ3v) is 2.80. The molecule has 112 valence electrons. The summed E-state index contributed by atoms with van der Waals surface area (Å²) in [5.74, 6) is -0.0552. The highest BCUT2D eigenvalue weighted by atomic mass is 16.4. The van der Waals surface area contributed by atoms with Crippen LogP contribution in [0.3, 0.4) is 0 Å². The standard InChI is InChI=1S/C15H19N3O3/c1-4-5-13(19)17-10-6-7-11-12(8-10)18-15(16-9(2)3)21-14(11)20/h6-9H,4-5H2,1-3H3,(H,16,18)(H,17,19). The number of benzene rings is 1. The van der Waals surface area contributed by atoms with Gasteiger partial charge in [0.05, 0.1) is 10.9 Å². The Balaban J connectivity index is 2.36. The van der Waals surface area contributed by atoms with Crippen molar-refractivity contribution in [1.82, 2.24) is 4.98 Å². The highest BCUT2D eigenvalue weighted by molar-refractivity contribution is 5.93. The number of carbonyl (C=O) groups excluding carboxylic acids is 1. The lowest BCUT2D eigenvalue weighted by atomic mass is 10.2. The predicted molar refractivity (Wildman–Crippen MR) is 82.6 cm³/mol. The van der Waals surface area contributed by atoms with Crippen molar-refractivity contribution in [2.24, 2.45) is 0 Å². The first-order valence-corrected chi connectivity index (χ1v) is 7.01. The minimum Gasteiger partial charge on any atom is -0.389 e. The molecule has 2 aromatic rings. The first-order chi connectivity index (χ1) is 9.99. The van der Waals surface area contributed by atoms with Crippen LogP contribution in [0.2, 0.25) is 0 Å². The summed E-state index contributed by atoms with van der Waals surface area (Å²) in [5, 5.41) is 6.12. The van der Waals surface area contributed by atoms with Crippen LogP contribution in [-0.4, -0.2) is 16.9 Å². The van der Waals surface area contributed by atoms with Crippen molar-refractivity contribution < 1.29 is 9.21 Å². The molecule has 0 aliphatic rings. The molecule has 2 N–H and O–H groups in total. The Hall–Kier alpha value is -2.37. The molecule has 0 atom stereocenters. The first kappa shape index (κ1) is 15.0. The fourth-order valence-corrected chi connectivity index (χ4v) is 1.91. The van der Waals surface area contributed by atoms with E-state index < -0.39 is 5.63 Å². The summed E-state index contributed by atoms with van der Waals surface area (Å²) in [6.07, 6.45) is 1.24. The number of nitrogens with zero attached hydrogens (tertiary/aromatic N) is 1. The summed E-state index contributed by atoms with van der Waals surface area (Å²) in [6.45, 7) is 5.79. The number of anilines is 2. The zero-order valence-electron chi connectivity index (χ0n) is 12.4. The van der Waals surface area contributed by atoms with E-state index in [0.29, 0.717) is 23.0 Å². The average Bonchev–Trinajstić information content (AvgIpc) is 2.37. The van der Waals surface area contributed by atoms with E-state index in [9.17, 15) is 9.59 Å². The van der Waals surface area contributed by atoms with Gasteiger partial charge < -0.3 is 15.1 Å². The van der Waals surface area contributed by atoms with Gasteiger partial charge in [0, 0.05) is 18.2 Å². The molecule has 0 spiro atoms. The number of carbonyl (C=O) groups is 1. The SMILES string of the molecule is CCCC(=O)Nc1ccc2c(=O)oc(NC(C)C)nc2c1. The maximum atomic E-state index is 11.9. The van der Waals surface area contributed by atoms with E-state index >= 15 is 0 Å². The van der Waals surface area contributed by atoms with E-state index in [1.807, 2.05) is 20.8 Å². The summed E-state index contributed by atoms with van der Waals surface area (Å²) >= 11 is 0. The van der Waals surface area contributed by atoms with Crippen LogP contribution in [0.1, 0.15) is 33.6 Å². The van der Waals surface area contributed by atoms with Crippen molar-refractivity contribution in [2.75, 3.05) is 10.6 Å². The van der Waals surface area contributed by atoms with Crippen LogP contribution in [-0.2, 0) is 4.79 Å². The molecule has 1 aromatic carbocycles. The van der Waals surface area contributed by atoms with Gasteiger partial charge in [-0.1, -0.05) is 6.92 Å². The Kier molecular flexibility index (Phi) is 4.57. The van der Waals surface area contributed by atoms with E-state index in [2.05, 4.69) is 15.6 Å². The minimum atomic E-state index is -0.449. The summed E-state index contributed by atoms with van der Waals surface area (Å²) in [7, 11) is 0. The lowest BCUT2D eigenvalue weighted by Gasteiger charge is -2.08. The van der Waals surface area contributed by atoms with E-state index in [4.69, 9.17) is 4.42 Å². The van der Waals surface area contributed by atoms with E-state index in [-0.39, 0.29) is 18.0 Å². The smallest absolute Gasteiger partial charge is 0.348 e. The molecule has 1 aromatic heterocycles. The number of nitrogens with one attached hydrogen (secondary N) is 2. The number of rotatable bonds is 5. The molecular weight excluding hydrogens is 270 g/mol. The normalized spacial score (nSPS) is 10.9. The number of amides is 1. The Labute approximate surface area is 122 Å². The molecule has 0 unspecified atom stereocenters. The number of hydrogen-bond donors (Lipinski definition) is 2. The largest absolute Gasteiger partial charge is 0.389 e. The van der Waals surface area contributed by atoms with Gasteiger partial charge in [-0.3, -0.25) is 4.79 Å². The van der Waals surface area contributed by atoms with Crippen molar-refractivity contribution in [3.63, 3.8) is 0 Å². The van der Waals surface area contributed by atoms with Gasteiger partial charge in [-0.2, -0.15) is 4.98 Å². The number of fused-ring (bicyclic) bond motifs is 1. The van der Waals surface area contributed by atoms with Gasteiger partial charge >= 0.3 is 5.63 Å². The zero-order chi connectivity index (χ0) is 15.4. The third kappa shape index (κ3) is 3.81. The molecule has 1 heterocycles. The minimum absolute atomic E-state index is 0.0552. The Morgan fingerprint density at radius 2 is 2.14 bits per heavy atom. The molecule has 2 rings (SSSR count). The fourth-order valence-electron chi connectivity index (χ4n) is 1.91. The average molecular weight is 289 g/mol. The Morgan fingerprint density at radius 3 is 2.81 bits per heavy atom. The van der Waals surface area contributed by atoms with Gasteiger partial charge in [0.2, 0.25) is 5.91 Å². The molecule has 0 saturated carbocycles. The number of aromatic nitrogens is 1. The van der Waals surface area contributed by atoms with Gasteiger partial charge in [-0.15, -0.1) is 0 Å². The van der Waals surface area contributed by atoms with Crippen molar-refractivity contribution >= 4 is 28.5 Å². The van der Waals surface area contributed by atoms with Crippen LogP contribution in [0, 0.1) is 0 Å². The lowest BCUT2D eigenvalue weighted by molar-refractivity contribution is -0.116. The van der Waals surface area contributed by atoms with Gasteiger partial charge in [0.15, 0.2) is 0 Å². The maximum Gasteiger partial charge on any atom is 0.348 e. The summed E-state index contributed by atoms with van der Waals surface area (Å²) in [5.41, 5.74) is 0.660. The highest BCUT2D eigenvalue weighted by Gasteiger charge is 2.09. The van der Waals surface area contributed by atoms with Gasteiger partial charge in [-0.05, 0) is 38.5 Å². The number of hydrogen-bond acceptors (Lipinski definition) is 5. The second-order valence-electron chi connectivity index (χ2n) is 5.14. The van der Waals surface area contributed by atoms with E-state index in [1.54, 1.807) is 18.2 Å². The van der Waals surface area contributed by atoms with E-state index in [0.717, 1.165) is 6.42 Å². The molecule has 1 amide bonds. The van der Waals surface area contributed by atoms with Gasteiger partial charge in [0.25, 0.3) is 6.01 Å². The van der Waals surface area contributed by atoms with Crippen molar-refractivity contribution in [3.05, 3.63) is 28.6 Å². The summed E-state index contributed by atoms with van der Waals surface area (Å²) in [6, 6.07) is 5.23. The molecule has 6 nitrogen and oxygen atoms in total. The molecule has 0 fully saturated rings. The van der Waals surface area contributed by atoms with Crippen molar-refractivity contribution in [2.45, 2.75) is 39.7 Å². The second kappa shape index (κ2) is 6.39. The molecule has 6 heteroatoms. The van der Waals surface area contributed by atoms with Crippen LogP contribution >= 0.6 is 0 Å². The first-order valence-electron chi connectivity index (χ1n) is 7.01. The third-order valence-electron chi connectivity index (χ3n) is 2.80. The molecule has 0 aliphatic heterocycles. The van der Waals surface area contributed by atoms with Crippen LogP contribution in [0.4, 0.5) is 11.7 Å². The quantitative estimate of drug-likeness (QED) is 0.884. The van der Waals surface area contributed by atoms with E-state index in [1.165, 1.54) is 0 Å². The molecule has 0 saturated heterocycles. The van der Waals surface area contributed by atoms with Crippen LogP contribution < -0.4 is 16.3 Å². The van der Waals surface area contributed by atoms with Gasteiger partial charge in [0.1, 0.15) is 0 Å². The zero-order valence-corrected chi connectivity index (χ0v) is 12.4. The molecule has 0 aliphatic carbocycles. The van der Waals surface area contributed by atoms with Crippen molar-refractivity contribution in [1.29, 1.82) is 0 Å². The highest BCUT2D eigenvalue weighted by Crippen LogP contribution is 2.17. The molecule has 0 bridgehead atoms. The Bertz CT molecular complexity index is 707. The predicted octanol–water partition coefficient (Wildman–Crippen LogP) is 2.75. The summed E-state index contributed by atoms with van der Waals surface area (Å²) < 4.78 is 5.10. The fraction of sp³-hybridized carbons (Fsp3) is 0.400. The molecule has 0 radical (unpaired) electrons. The molecule has 21 heavy (non-hydrogen) atoms. The molecular formula is C15H19N3O3. The Morgan fingerprint density at radius 1 is 1.38 bits per heavy atom. The topological polar surface area (TPSA) is 84.2 Å². The monoisotopic (exact) mass is 289 g/mol. The van der Waals surface area contributed by atoms with Gasteiger partial charge in [-0.25, -0.2) is 4.79 Å². The lowest BCUT2D eigenvalue weighted by Crippen LogP contribution is -2.14. The maximum absolute atomic E-state index is 11.9. The van der Waals surface area contributed by atoms with Crippen LogP contribution in [0.5, 0.6) is 0 Å². The van der Waals surface area contributed by atoms with Crippen LogP contribution in [0.25, 0.3) is 10.9 Å². The second-order valence-corrected chi connectivity index (χ2v) is 5.14. The van der Waals surface area contributed by atoms with Crippen LogP contribution in [0.15, 0.2) is 27.4 Å². The summed E-state index contributed by atoms with van der Waals surface area (Å²) in [4.78, 5) is 27.7. The van der Waals surface area contributed by atoms with Crippen molar-refractivity contribution in [3.8, 4) is 0 Å².